The van der Waals surface area contributed by atoms with Crippen LogP contribution in [0.3, 0.4) is 0 Å². The van der Waals surface area contributed by atoms with Gasteiger partial charge in [-0.05, 0) is 12.8 Å². The monoisotopic (exact) mass is 197 g/mol. The Bertz CT molecular complexity index is 294. The molecule has 0 saturated heterocycles. The Morgan fingerprint density at radius 3 is 3.00 bits per heavy atom. The third-order valence-electron chi connectivity index (χ3n) is 2.17. The minimum atomic E-state index is 0.464. The number of ether oxygens (including phenoxy) is 1. The second-order valence-electron chi connectivity index (χ2n) is 3.31. The predicted octanol–water partition coefficient (Wildman–Crippen LogP) is 1.04. The van der Waals surface area contributed by atoms with E-state index in [0.29, 0.717) is 12.5 Å². The molecule has 78 valence electrons. The molecule has 4 nitrogen and oxygen atoms in total. The molecule has 0 aliphatic rings. The van der Waals surface area contributed by atoms with Gasteiger partial charge in [-0.2, -0.15) is 9.13 Å². The molecule has 0 aromatic carbocycles. The van der Waals surface area contributed by atoms with Gasteiger partial charge in [-0.1, -0.05) is 13.3 Å². The molecule has 1 aromatic rings. The van der Waals surface area contributed by atoms with Gasteiger partial charge < -0.3 is 4.74 Å². The second-order valence-corrected chi connectivity index (χ2v) is 3.31. The topological polar surface area (TPSA) is 35.1 Å². The molecule has 0 bridgehead atoms. The van der Waals surface area contributed by atoms with E-state index in [2.05, 4.69) is 6.92 Å². The summed E-state index contributed by atoms with van der Waals surface area (Å²) in [5, 5.41) is 0. The van der Waals surface area contributed by atoms with Crippen LogP contribution >= 0.6 is 0 Å². The maximum atomic E-state index is 10.3. The van der Waals surface area contributed by atoms with E-state index in [9.17, 15) is 4.79 Å². The lowest BCUT2D eigenvalue weighted by atomic mass is 10.2. The van der Waals surface area contributed by atoms with Crippen molar-refractivity contribution in [1.29, 1.82) is 0 Å². The highest BCUT2D eigenvalue weighted by Gasteiger charge is 2.15. The van der Waals surface area contributed by atoms with Crippen molar-refractivity contribution in [2.75, 3.05) is 0 Å². The van der Waals surface area contributed by atoms with Gasteiger partial charge in [0.15, 0.2) is 0 Å². The molecule has 4 heteroatoms. The molecular weight excluding hydrogens is 180 g/mol. The molecule has 0 unspecified atom stereocenters. The summed E-state index contributed by atoms with van der Waals surface area (Å²) in [4.78, 5) is 10.3. The van der Waals surface area contributed by atoms with Crippen molar-refractivity contribution >= 4 is 6.47 Å². The lowest BCUT2D eigenvalue weighted by Crippen LogP contribution is -2.28. The number of hydrogen-bond donors (Lipinski definition) is 0. The molecule has 0 atom stereocenters. The maximum absolute atomic E-state index is 10.3. The van der Waals surface area contributed by atoms with Crippen LogP contribution in [0.4, 0.5) is 0 Å². The first-order valence-electron chi connectivity index (χ1n) is 4.94. The Morgan fingerprint density at radius 2 is 2.36 bits per heavy atom. The van der Waals surface area contributed by atoms with Crippen molar-refractivity contribution < 1.29 is 14.1 Å². The predicted molar refractivity (Wildman–Crippen MR) is 51.8 cm³/mol. The number of imidazole rings is 1. The lowest BCUT2D eigenvalue weighted by molar-refractivity contribution is -0.674. The number of carbonyl (C=O) groups is 1. The Hall–Kier alpha value is -1.32. The van der Waals surface area contributed by atoms with Crippen molar-refractivity contribution in [3.8, 4) is 6.01 Å². The molecule has 1 heterocycles. The number of unbranched alkanes of at least 4 members (excludes halogenated alkanes) is 2. The lowest BCUT2D eigenvalue weighted by Gasteiger charge is -1.98. The van der Waals surface area contributed by atoms with Gasteiger partial charge in [0, 0.05) is 0 Å². The SMILES string of the molecule is CCCCCn1cc[n+](C)c1OC=O. The molecule has 1 aromatic heterocycles. The van der Waals surface area contributed by atoms with E-state index in [1.807, 2.05) is 24.0 Å². The average molecular weight is 197 g/mol. The Morgan fingerprint density at radius 1 is 1.57 bits per heavy atom. The molecule has 0 spiro atoms. The zero-order chi connectivity index (χ0) is 10.4. The van der Waals surface area contributed by atoms with Crippen LogP contribution in [-0.2, 0) is 18.4 Å². The van der Waals surface area contributed by atoms with Crippen molar-refractivity contribution in [2.45, 2.75) is 32.7 Å². The number of aromatic nitrogens is 2. The number of nitrogens with zero attached hydrogens (tertiary/aromatic N) is 2. The molecule has 0 radical (unpaired) electrons. The fourth-order valence-electron chi connectivity index (χ4n) is 1.41. The van der Waals surface area contributed by atoms with Crippen molar-refractivity contribution in [1.82, 2.24) is 4.57 Å². The first-order valence-corrected chi connectivity index (χ1v) is 4.94. The van der Waals surface area contributed by atoms with E-state index in [1.165, 1.54) is 12.8 Å². The average Bonchev–Trinajstić information content (AvgIpc) is 2.51. The van der Waals surface area contributed by atoms with E-state index in [1.54, 1.807) is 4.57 Å². The van der Waals surface area contributed by atoms with Crippen molar-refractivity contribution in [3.63, 3.8) is 0 Å². The van der Waals surface area contributed by atoms with Crippen LogP contribution in [0.1, 0.15) is 26.2 Å². The quantitative estimate of drug-likeness (QED) is 0.388. The normalized spacial score (nSPS) is 10.1. The summed E-state index contributed by atoms with van der Waals surface area (Å²) in [5.74, 6) is 0. The summed E-state index contributed by atoms with van der Waals surface area (Å²) in [6.07, 6.45) is 7.30. The third-order valence-corrected chi connectivity index (χ3v) is 2.17. The Balaban J connectivity index is 2.60. The zero-order valence-corrected chi connectivity index (χ0v) is 8.77. The number of aryl methyl sites for hydroxylation is 2. The van der Waals surface area contributed by atoms with Gasteiger partial charge in [0.25, 0.3) is 0 Å². The van der Waals surface area contributed by atoms with Crippen molar-refractivity contribution in [3.05, 3.63) is 12.4 Å². The van der Waals surface area contributed by atoms with Crippen LogP contribution in [0.2, 0.25) is 0 Å². The first-order chi connectivity index (χ1) is 6.79. The minimum absolute atomic E-state index is 0.464. The minimum Gasteiger partial charge on any atom is -0.360 e. The van der Waals surface area contributed by atoms with E-state index >= 15 is 0 Å². The summed E-state index contributed by atoms with van der Waals surface area (Å²) in [7, 11) is 1.86. The number of hydrogen-bond acceptors (Lipinski definition) is 2. The molecule has 0 fully saturated rings. The molecule has 0 amide bonds. The summed E-state index contributed by atoms with van der Waals surface area (Å²) >= 11 is 0. The van der Waals surface area contributed by atoms with Gasteiger partial charge in [-0.15, -0.1) is 0 Å². The molecule has 1 rings (SSSR count). The highest BCUT2D eigenvalue weighted by Crippen LogP contribution is 2.06. The second kappa shape index (κ2) is 5.42. The van der Waals surface area contributed by atoms with Crippen LogP contribution in [0.5, 0.6) is 6.01 Å². The van der Waals surface area contributed by atoms with Gasteiger partial charge in [0.2, 0.25) is 0 Å². The maximum Gasteiger partial charge on any atom is 0.463 e. The van der Waals surface area contributed by atoms with Gasteiger partial charge in [0.1, 0.15) is 12.4 Å². The van der Waals surface area contributed by atoms with E-state index < -0.39 is 0 Å². The smallest absolute Gasteiger partial charge is 0.360 e. The fraction of sp³-hybridized carbons (Fsp3) is 0.600. The van der Waals surface area contributed by atoms with Gasteiger partial charge in [-0.25, -0.2) is 0 Å². The number of rotatable bonds is 6. The molecule has 0 saturated carbocycles. The third kappa shape index (κ3) is 2.58. The largest absolute Gasteiger partial charge is 0.463 e. The van der Waals surface area contributed by atoms with Crippen molar-refractivity contribution in [2.24, 2.45) is 7.05 Å². The zero-order valence-electron chi connectivity index (χ0n) is 8.77. The molecule has 14 heavy (non-hydrogen) atoms. The van der Waals surface area contributed by atoms with Crippen LogP contribution in [0.15, 0.2) is 12.4 Å². The highest BCUT2D eigenvalue weighted by atomic mass is 16.5. The molecule has 0 aliphatic heterocycles. The van der Waals surface area contributed by atoms with Crippen LogP contribution in [0.25, 0.3) is 0 Å². The van der Waals surface area contributed by atoms with Crippen LogP contribution in [0, 0.1) is 0 Å². The van der Waals surface area contributed by atoms with Gasteiger partial charge in [-0.3, -0.25) is 4.79 Å². The fourth-order valence-corrected chi connectivity index (χ4v) is 1.41. The van der Waals surface area contributed by atoms with Crippen LogP contribution in [-0.4, -0.2) is 11.0 Å². The standard InChI is InChI=1S/C10H17N2O2/c1-3-4-5-6-12-8-7-11(2)10(12)14-9-13/h7-9H,3-6H2,1-2H3/q+1. The van der Waals surface area contributed by atoms with Gasteiger partial charge >= 0.3 is 12.5 Å². The van der Waals surface area contributed by atoms with Crippen LogP contribution < -0.4 is 9.30 Å². The first kappa shape index (κ1) is 10.8. The molecule has 0 aliphatic carbocycles. The summed E-state index contributed by atoms with van der Waals surface area (Å²) in [5.41, 5.74) is 0. The summed E-state index contributed by atoms with van der Waals surface area (Å²) in [6.45, 7) is 3.53. The number of carbonyl (C=O) groups excluding carboxylic acids is 1. The Labute approximate surface area is 84.1 Å². The van der Waals surface area contributed by atoms with E-state index in [4.69, 9.17) is 4.74 Å². The van der Waals surface area contributed by atoms with E-state index in [0.717, 1.165) is 13.0 Å². The van der Waals surface area contributed by atoms with E-state index in [-0.39, 0.29) is 0 Å². The summed E-state index contributed by atoms with van der Waals surface area (Å²) in [6, 6.07) is 0.594. The Kier molecular flexibility index (Phi) is 4.16. The highest BCUT2D eigenvalue weighted by molar-refractivity contribution is 5.40. The summed E-state index contributed by atoms with van der Waals surface area (Å²) < 4.78 is 8.62. The molecule has 0 N–H and O–H groups in total. The molecular formula is C10H17N2O2+. The van der Waals surface area contributed by atoms with Gasteiger partial charge in [0.05, 0.1) is 13.6 Å².